The number of nitrogens with zero attached hydrogens (tertiary/aromatic N) is 2. The van der Waals surface area contributed by atoms with Gasteiger partial charge in [0.25, 0.3) is 0 Å². The van der Waals surface area contributed by atoms with Gasteiger partial charge in [0.05, 0.1) is 11.3 Å². The van der Waals surface area contributed by atoms with Crippen LogP contribution in [-0.2, 0) is 0 Å². The summed E-state index contributed by atoms with van der Waals surface area (Å²) >= 11 is 0. The molecule has 4 nitrogen and oxygen atoms in total. The molecule has 0 radical (unpaired) electrons. The SMILES string of the molecule is Cc1ccc(F)cc1-c1[nH]nc(N)c1-c1ccncc1. The van der Waals surface area contributed by atoms with Gasteiger partial charge in [-0.2, -0.15) is 5.10 Å². The number of nitrogens with one attached hydrogen (secondary N) is 1. The van der Waals surface area contributed by atoms with Crippen LogP contribution in [0.25, 0.3) is 22.4 Å². The summed E-state index contributed by atoms with van der Waals surface area (Å²) in [6, 6.07) is 8.34. The minimum absolute atomic E-state index is 0.292. The Morgan fingerprint density at radius 3 is 2.65 bits per heavy atom. The molecule has 0 aliphatic rings. The summed E-state index contributed by atoms with van der Waals surface area (Å²) in [5.74, 6) is 0.0920. The molecule has 0 atom stereocenters. The summed E-state index contributed by atoms with van der Waals surface area (Å²) in [4.78, 5) is 3.99. The summed E-state index contributed by atoms with van der Waals surface area (Å²) in [5, 5.41) is 6.94. The zero-order chi connectivity index (χ0) is 14.1. The molecule has 100 valence electrons. The number of aryl methyl sites for hydroxylation is 1. The second kappa shape index (κ2) is 4.77. The second-order valence-corrected chi connectivity index (χ2v) is 4.55. The molecule has 0 spiro atoms. The summed E-state index contributed by atoms with van der Waals surface area (Å²) < 4.78 is 13.5. The van der Waals surface area contributed by atoms with Gasteiger partial charge in [-0.1, -0.05) is 6.07 Å². The lowest BCUT2D eigenvalue weighted by Gasteiger charge is -2.07. The van der Waals surface area contributed by atoms with Crippen molar-refractivity contribution in [2.45, 2.75) is 6.92 Å². The number of halogens is 1. The van der Waals surface area contributed by atoms with Gasteiger partial charge in [-0.15, -0.1) is 0 Å². The van der Waals surface area contributed by atoms with Crippen molar-refractivity contribution in [3.63, 3.8) is 0 Å². The summed E-state index contributed by atoms with van der Waals surface area (Å²) in [6.45, 7) is 1.92. The van der Waals surface area contributed by atoms with Gasteiger partial charge in [0, 0.05) is 18.0 Å². The first-order chi connectivity index (χ1) is 9.66. The molecule has 0 aliphatic carbocycles. The lowest BCUT2D eigenvalue weighted by Crippen LogP contribution is -1.91. The minimum Gasteiger partial charge on any atom is -0.382 e. The fourth-order valence-electron chi connectivity index (χ4n) is 2.23. The van der Waals surface area contributed by atoms with E-state index >= 15 is 0 Å². The molecule has 0 saturated heterocycles. The third-order valence-electron chi connectivity index (χ3n) is 3.23. The molecule has 0 unspecified atom stereocenters. The Hall–Kier alpha value is -2.69. The Bertz CT molecular complexity index is 750. The van der Waals surface area contributed by atoms with E-state index in [0.717, 1.165) is 22.3 Å². The molecule has 0 saturated carbocycles. The number of hydrogen-bond donors (Lipinski definition) is 2. The lowest BCUT2D eigenvalue weighted by atomic mass is 9.98. The van der Waals surface area contributed by atoms with Gasteiger partial charge in [-0.3, -0.25) is 10.1 Å². The fraction of sp³-hybridized carbons (Fsp3) is 0.0667. The van der Waals surface area contributed by atoms with Crippen molar-refractivity contribution in [3.05, 3.63) is 54.1 Å². The van der Waals surface area contributed by atoms with Crippen LogP contribution in [0.3, 0.4) is 0 Å². The van der Waals surface area contributed by atoms with Gasteiger partial charge >= 0.3 is 0 Å². The fourth-order valence-corrected chi connectivity index (χ4v) is 2.23. The zero-order valence-corrected chi connectivity index (χ0v) is 10.9. The number of rotatable bonds is 2. The number of H-pyrrole nitrogens is 1. The number of anilines is 1. The van der Waals surface area contributed by atoms with Crippen LogP contribution in [0.5, 0.6) is 0 Å². The molecule has 0 aliphatic heterocycles. The van der Waals surface area contributed by atoms with E-state index in [1.807, 2.05) is 19.1 Å². The molecule has 3 rings (SSSR count). The second-order valence-electron chi connectivity index (χ2n) is 4.55. The van der Waals surface area contributed by atoms with Crippen molar-refractivity contribution in [1.29, 1.82) is 0 Å². The first-order valence-electron chi connectivity index (χ1n) is 6.17. The van der Waals surface area contributed by atoms with E-state index in [9.17, 15) is 4.39 Å². The Morgan fingerprint density at radius 2 is 1.90 bits per heavy atom. The number of nitrogen functional groups attached to an aromatic ring is 1. The van der Waals surface area contributed by atoms with Crippen LogP contribution in [0.2, 0.25) is 0 Å². The van der Waals surface area contributed by atoms with E-state index in [4.69, 9.17) is 5.73 Å². The van der Waals surface area contributed by atoms with E-state index < -0.39 is 0 Å². The molecular formula is C15H13FN4. The van der Waals surface area contributed by atoms with Crippen LogP contribution < -0.4 is 5.73 Å². The highest BCUT2D eigenvalue weighted by molar-refractivity contribution is 5.88. The van der Waals surface area contributed by atoms with Crippen LogP contribution in [-0.4, -0.2) is 15.2 Å². The van der Waals surface area contributed by atoms with Gasteiger partial charge in [-0.25, -0.2) is 4.39 Å². The van der Waals surface area contributed by atoms with Crippen LogP contribution in [0, 0.1) is 12.7 Å². The number of pyridine rings is 1. The van der Waals surface area contributed by atoms with E-state index in [0.29, 0.717) is 11.5 Å². The third-order valence-corrected chi connectivity index (χ3v) is 3.23. The highest BCUT2D eigenvalue weighted by Crippen LogP contribution is 2.35. The highest BCUT2D eigenvalue weighted by Gasteiger charge is 2.16. The lowest BCUT2D eigenvalue weighted by molar-refractivity contribution is 0.628. The average molecular weight is 268 g/mol. The average Bonchev–Trinajstić information content (AvgIpc) is 2.84. The molecule has 1 aromatic carbocycles. The van der Waals surface area contributed by atoms with Crippen molar-refractivity contribution in [2.24, 2.45) is 0 Å². The third kappa shape index (κ3) is 2.03. The molecule has 5 heteroatoms. The van der Waals surface area contributed by atoms with Gasteiger partial charge in [0.1, 0.15) is 5.82 Å². The minimum atomic E-state index is -0.292. The van der Waals surface area contributed by atoms with Crippen molar-refractivity contribution < 1.29 is 4.39 Å². The topological polar surface area (TPSA) is 67.6 Å². The van der Waals surface area contributed by atoms with Gasteiger partial charge in [-0.05, 0) is 42.3 Å². The predicted molar refractivity (Wildman–Crippen MR) is 76.4 cm³/mol. The summed E-state index contributed by atoms with van der Waals surface area (Å²) in [6.07, 6.45) is 3.37. The van der Waals surface area contributed by atoms with Crippen LogP contribution in [0.1, 0.15) is 5.56 Å². The molecule has 0 fully saturated rings. The zero-order valence-electron chi connectivity index (χ0n) is 10.9. The maximum Gasteiger partial charge on any atom is 0.153 e. The Kier molecular flexibility index (Phi) is 2.95. The van der Waals surface area contributed by atoms with E-state index in [1.54, 1.807) is 18.5 Å². The molecular weight excluding hydrogens is 255 g/mol. The maximum atomic E-state index is 13.5. The molecule has 3 N–H and O–H groups in total. The number of benzene rings is 1. The Balaban J connectivity index is 2.24. The quantitative estimate of drug-likeness (QED) is 0.750. The van der Waals surface area contributed by atoms with E-state index in [1.165, 1.54) is 12.1 Å². The van der Waals surface area contributed by atoms with Crippen molar-refractivity contribution >= 4 is 5.82 Å². The smallest absolute Gasteiger partial charge is 0.153 e. The van der Waals surface area contributed by atoms with Crippen molar-refractivity contribution in [1.82, 2.24) is 15.2 Å². The number of nitrogens with two attached hydrogens (primary N) is 1. The Morgan fingerprint density at radius 1 is 1.15 bits per heavy atom. The molecule has 3 aromatic rings. The molecule has 2 heterocycles. The number of hydrogen-bond acceptors (Lipinski definition) is 3. The van der Waals surface area contributed by atoms with Gasteiger partial charge < -0.3 is 5.73 Å². The normalized spacial score (nSPS) is 10.7. The Labute approximate surface area is 115 Å². The largest absolute Gasteiger partial charge is 0.382 e. The van der Waals surface area contributed by atoms with Gasteiger partial charge in [0.2, 0.25) is 0 Å². The molecule has 0 bridgehead atoms. The molecule has 2 aromatic heterocycles. The maximum absolute atomic E-state index is 13.5. The van der Waals surface area contributed by atoms with Crippen LogP contribution >= 0.6 is 0 Å². The number of aromatic amines is 1. The monoisotopic (exact) mass is 268 g/mol. The molecule has 20 heavy (non-hydrogen) atoms. The van der Waals surface area contributed by atoms with Crippen molar-refractivity contribution in [2.75, 3.05) is 5.73 Å². The standard InChI is InChI=1S/C15H13FN4/c1-9-2-3-11(16)8-12(9)14-13(15(17)20-19-14)10-4-6-18-7-5-10/h2-8H,1H3,(H3,17,19,20). The van der Waals surface area contributed by atoms with Gasteiger partial charge in [0.15, 0.2) is 5.82 Å². The summed E-state index contributed by atoms with van der Waals surface area (Å²) in [7, 11) is 0. The van der Waals surface area contributed by atoms with Crippen LogP contribution in [0.15, 0.2) is 42.7 Å². The van der Waals surface area contributed by atoms with Crippen molar-refractivity contribution in [3.8, 4) is 22.4 Å². The number of aromatic nitrogens is 3. The van der Waals surface area contributed by atoms with E-state index in [-0.39, 0.29) is 5.82 Å². The van der Waals surface area contributed by atoms with E-state index in [2.05, 4.69) is 15.2 Å². The first-order valence-corrected chi connectivity index (χ1v) is 6.17. The highest BCUT2D eigenvalue weighted by atomic mass is 19.1. The van der Waals surface area contributed by atoms with Crippen LogP contribution in [0.4, 0.5) is 10.2 Å². The summed E-state index contributed by atoms with van der Waals surface area (Å²) in [5.41, 5.74) is 10.0. The predicted octanol–water partition coefficient (Wildman–Crippen LogP) is 3.17. The molecule has 0 amide bonds. The first kappa shape index (κ1) is 12.3.